The third kappa shape index (κ3) is 4.83. The van der Waals surface area contributed by atoms with Crippen molar-refractivity contribution in [3.05, 3.63) is 82.9 Å². The van der Waals surface area contributed by atoms with Crippen LogP contribution in [0.2, 0.25) is 0 Å². The van der Waals surface area contributed by atoms with Crippen LogP contribution in [0.25, 0.3) is 11.1 Å². The lowest BCUT2D eigenvalue weighted by Crippen LogP contribution is -2.30. The van der Waals surface area contributed by atoms with Crippen LogP contribution in [-0.4, -0.2) is 12.0 Å². The van der Waals surface area contributed by atoms with Crippen LogP contribution in [-0.2, 0) is 4.79 Å². The van der Waals surface area contributed by atoms with Crippen molar-refractivity contribution in [2.45, 2.75) is 33.8 Å². The van der Waals surface area contributed by atoms with Crippen LogP contribution < -0.4 is 10.1 Å². The summed E-state index contributed by atoms with van der Waals surface area (Å²) in [5, 5.41) is 11.9. The number of aryl methyl sites for hydroxylation is 3. The Kier molecular flexibility index (Phi) is 5.99. The van der Waals surface area contributed by atoms with E-state index in [0.717, 1.165) is 27.9 Å². The van der Waals surface area contributed by atoms with E-state index >= 15 is 0 Å². The van der Waals surface area contributed by atoms with Gasteiger partial charge in [0.15, 0.2) is 6.10 Å². The van der Waals surface area contributed by atoms with Gasteiger partial charge < -0.3 is 10.1 Å². The number of nitrogens with one attached hydrogen (secondary N) is 1. The molecular weight excluding hydrogens is 360 g/mol. The molecule has 3 rings (SSSR count). The highest BCUT2D eigenvalue weighted by Crippen LogP contribution is 2.25. The largest absolute Gasteiger partial charge is 0.481 e. The number of hydrogen-bond acceptors (Lipinski definition) is 3. The van der Waals surface area contributed by atoms with Crippen molar-refractivity contribution in [3.63, 3.8) is 0 Å². The number of amides is 1. The fourth-order valence-corrected chi connectivity index (χ4v) is 3.32. The number of benzene rings is 3. The van der Waals surface area contributed by atoms with Crippen molar-refractivity contribution in [1.29, 1.82) is 5.26 Å². The van der Waals surface area contributed by atoms with Gasteiger partial charge in [0.05, 0.1) is 11.6 Å². The van der Waals surface area contributed by atoms with Crippen molar-refractivity contribution >= 4 is 11.6 Å². The molecule has 146 valence electrons. The molecule has 0 fully saturated rings. The first-order valence-corrected chi connectivity index (χ1v) is 9.53. The molecule has 29 heavy (non-hydrogen) atoms. The molecular formula is C25H24N2O2. The van der Waals surface area contributed by atoms with E-state index in [1.807, 2.05) is 57.2 Å². The van der Waals surface area contributed by atoms with Gasteiger partial charge in [-0.2, -0.15) is 5.26 Å². The summed E-state index contributed by atoms with van der Waals surface area (Å²) in [4.78, 5) is 12.6. The minimum absolute atomic E-state index is 0.184. The van der Waals surface area contributed by atoms with E-state index in [9.17, 15) is 4.79 Å². The Bertz CT molecular complexity index is 1040. The van der Waals surface area contributed by atoms with Crippen molar-refractivity contribution < 1.29 is 9.53 Å². The summed E-state index contributed by atoms with van der Waals surface area (Å²) < 4.78 is 5.82. The highest BCUT2D eigenvalue weighted by molar-refractivity contribution is 5.95. The van der Waals surface area contributed by atoms with E-state index < -0.39 is 6.10 Å². The second-order valence-corrected chi connectivity index (χ2v) is 7.24. The molecule has 0 saturated heterocycles. The molecule has 1 amide bonds. The third-order valence-corrected chi connectivity index (χ3v) is 4.81. The molecule has 0 aromatic heterocycles. The number of hydrogen-bond donors (Lipinski definition) is 1. The van der Waals surface area contributed by atoms with Crippen LogP contribution in [0.15, 0.2) is 60.7 Å². The monoisotopic (exact) mass is 384 g/mol. The number of nitrogens with zero attached hydrogens (tertiary/aromatic N) is 1. The van der Waals surface area contributed by atoms with Gasteiger partial charge in [0.2, 0.25) is 0 Å². The van der Waals surface area contributed by atoms with E-state index in [4.69, 9.17) is 10.00 Å². The average molecular weight is 384 g/mol. The number of ether oxygens (including phenoxy) is 1. The normalized spacial score (nSPS) is 11.4. The van der Waals surface area contributed by atoms with Crippen LogP contribution in [0.1, 0.15) is 29.2 Å². The van der Waals surface area contributed by atoms with E-state index in [1.165, 1.54) is 5.56 Å². The molecule has 0 aliphatic rings. The first-order chi connectivity index (χ1) is 13.9. The molecule has 0 heterocycles. The zero-order valence-electron chi connectivity index (χ0n) is 17.1. The number of carbonyl (C=O) groups is 1. The molecule has 4 nitrogen and oxygen atoms in total. The molecule has 0 spiro atoms. The van der Waals surface area contributed by atoms with Crippen LogP contribution in [0.3, 0.4) is 0 Å². The predicted molar refractivity (Wildman–Crippen MR) is 116 cm³/mol. The molecule has 0 aliphatic heterocycles. The lowest BCUT2D eigenvalue weighted by atomic mass is 10.0. The van der Waals surface area contributed by atoms with Crippen molar-refractivity contribution in [2.75, 3.05) is 5.32 Å². The third-order valence-electron chi connectivity index (χ3n) is 4.81. The summed E-state index contributed by atoms with van der Waals surface area (Å²) in [5.41, 5.74) is 6.76. The molecule has 3 aromatic rings. The Morgan fingerprint density at radius 3 is 1.97 bits per heavy atom. The number of anilines is 1. The van der Waals surface area contributed by atoms with E-state index in [-0.39, 0.29) is 5.91 Å². The molecule has 0 bridgehead atoms. The quantitative estimate of drug-likeness (QED) is 0.627. The SMILES string of the molecule is Cc1cc(C)c(NC(=O)C(C)Oc2ccc(-c3ccc(C#N)cc3)cc2)c(C)c1. The number of carbonyl (C=O) groups excluding carboxylic acids is 1. The highest BCUT2D eigenvalue weighted by Gasteiger charge is 2.17. The fourth-order valence-electron chi connectivity index (χ4n) is 3.32. The first-order valence-electron chi connectivity index (χ1n) is 9.53. The Morgan fingerprint density at radius 1 is 0.931 bits per heavy atom. The Balaban J connectivity index is 1.66. The Hall–Kier alpha value is -3.58. The predicted octanol–water partition coefficient (Wildman–Crippen LogP) is 5.56. The van der Waals surface area contributed by atoms with Crippen LogP contribution >= 0.6 is 0 Å². The lowest BCUT2D eigenvalue weighted by molar-refractivity contribution is -0.122. The van der Waals surface area contributed by atoms with Gasteiger partial charge >= 0.3 is 0 Å². The molecule has 0 saturated carbocycles. The molecule has 4 heteroatoms. The van der Waals surface area contributed by atoms with Gasteiger partial charge in [-0.25, -0.2) is 0 Å². The van der Waals surface area contributed by atoms with Crippen molar-refractivity contribution in [1.82, 2.24) is 0 Å². The number of rotatable bonds is 5. The molecule has 1 N–H and O–H groups in total. The molecule has 0 aliphatic carbocycles. The van der Waals surface area contributed by atoms with Crippen molar-refractivity contribution in [3.8, 4) is 22.9 Å². The smallest absolute Gasteiger partial charge is 0.265 e. The average Bonchev–Trinajstić information content (AvgIpc) is 2.71. The van der Waals surface area contributed by atoms with Gasteiger partial charge in [-0.1, -0.05) is 42.0 Å². The minimum atomic E-state index is -0.629. The summed E-state index contributed by atoms with van der Waals surface area (Å²) in [6, 6.07) is 21.2. The summed E-state index contributed by atoms with van der Waals surface area (Å²) in [6.45, 7) is 7.76. The van der Waals surface area contributed by atoms with Crippen LogP contribution in [0.5, 0.6) is 5.75 Å². The summed E-state index contributed by atoms with van der Waals surface area (Å²) in [5.74, 6) is 0.443. The fraction of sp³-hybridized carbons (Fsp3) is 0.200. The summed E-state index contributed by atoms with van der Waals surface area (Å²) in [7, 11) is 0. The van der Waals surface area contributed by atoms with E-state index in [1.54, 1.807) is 19.1 Å². The number of nitriles is 1. The zero-order chi connectivity index (χ0) is 21.0. The molecule has 1 atom stereocenters. The second-order valence-electron chi connectivity index (χ2n) is 7.24. The Morgan fingerprint density at radius 2 is 1.45 bits per heavy atom. The maximum absolute atomic E-state index is 12.6. The Labute approximate surface area is 171 Å². The van der Waals surface area contributed by atoms with Gasteiger partial charge in [0.1, 0.15) is 5.75 Å². The van der Waals surface area contributed by atoms with Gasteiger partial charge in [-0.3, -0.25) is 4.79 Å². The van der Waals surface area contributed by atoms with E-state index in [0.29, 0.717) is 11.3 Å². The van der Waals surface area contributed by atoms with Gasteiger partial charge in [0, 0.05) is 5.69 Å². The maximum atomic E-state index is 12.6. The van der Waals surface area contributed by atoms with Gasteiger partial charge in [-0.15, -0.1) is 0 Å². The lowest BCUT2D eigenvalue weighted by Gasteiger charge is -2.18. The first kappa shape index (κ1) is 20.2. The highest BCUT2D eigenvalue weighted by atomic mass is 16.5. The van der Waals surface area contributed by atoms with Gasteiger partial charge in [-0.05, 0) is 74.2 Å². The van der Waals surface area contributed by atoms with Crippen molar-refractivity contribution in [2.24, 2.45) is 0 Å². The second kappa shape index (κ2) is 8.62. The summed E-state index contributed by atoms with van der Waals surface area (Å²) >= 11 is 0. The molecule has 0 radical (unpaired) electrons. The molecule has 3 aromatic carbocycles. The minimum Gasteiger partial charge on any atom is -0.481 e. The molecule has 1 unspecified atom stereocenters. The summed E-state index contributed by atoms with van der Waals surface area (Å²) in [6.07, 6.45) is -0.629. The standard InChI is InChI=1S/C25H24N2O2/c1-16-13-17(2)24(18(3)14-16)27-25(28)19(4)29-23-11-9-22(10-12-23)21-7-5-20(15-26)6-8-21/h5-14,19H,1-4H3,(H,27,28). The zero-order valence-corrected chi connectivity index (χ0v) is 17.1. The maximum Gasteiger partial charge on any atom is 0.265 e. The van der Waals surface area contributed by atoms with Crippen LogP contribution in [0, 0.1) is 32.1 Å². The van der Waals surface area contributed by atoms with E-state index in [2.05, 4.69) is 23.5 Å². The van der Waals surface area contributed by atoms with Gasteiger partial charge in [0.25, 0.3) is 5.91 Å². The topological polar surface area (TPSA) is 62.1 Å². The van der Waals surface area contributed by atoms with Crippen LogP contribution in [0.4, 0.5) is 5.69 Å².